The average molecular weight is 560 g/mol. The molecule has 0 saturated heterocycles. The van der Waals surface area contributed by atoms with Crippen molar-refractivity contribution in [3.8, 4) is 11.3 Å². The van der Waals surface area contributed by atoms with E-state index in [0.29, 0.717) is 37.7 Å². The monoisotopic (exact) mass is 559 g/mol. The average Bonchev–Trinajstić information content (AvgIpc) is 3.52. The van der Waals surface area contributed by atoms with Crippen LogP contribution in [0.2, 0.25) is 0 Å². The molecule has 8 nitrogen and oxygen atoms in total. The van der Waals surface area contributed by atoms with Crippen molar-refractivity contribution in [3.05, 3.63) is 109 Å². The molecular weight excluding hydrogens is 536 g/mol. The van der Waals surface area contributed by atoms with Gasteiger partial charge >= 0.3 is 5.97 Å². The second-order valence-electron chi connectivity index (χ2n) is 8.64. The maximum absolute atomic E-state index is 13.7. The molecule has 0 amide bonds. The van der Waals surface area contributed by atoms with Crippen molar-refractivity contribution >= 4 is 41.1 Å². The first kappa shape index (κ1) is 26.5. The number of hydrogen-bond donors (Lipinski definition) is 0. The van der Waals surface area contributed by atoms with Gasteiger partial charge in [-0.2, -0.15) is 0 Å². The van der Waals surface area contributed by atoms with Crippen LogP contribution in [0.5, 0.6) is 0 Å². The van der Waals surface area contributed by atoms with Gasteiger partial charge in [-0.15, -0.1) is 11.8 Å². The van der Waals surface area contributed by atoms with Crippen LogP contribution < -0.4 is 20.0 Å². The molecule has 0 saturated carbocycles. The quantitative estimate of drug-likeness (QED) is 0.252. The van der Waals surface area contributed by atoms with E-state index in [1.165, 1.54) is 28.0 Å². The van der Waals surface area contributed by atoms with Gasteiger partial charge in [-0.3, -0.25) is 9.36 Å². The first-order valence-corrected chi connectivity index (χ1v) is 14.1. The van der Waals surface area contributed by atoms with Gasteiger partial charge in [-0.25, -0.2) is 9.79 Å². The number of carboxylic acids is 1. The normalized spacial score (nSPS) is 15.2. The number of esters is 1. The van der Waals surface area contributed by atoms with E-state index in [0.717, 1.165) is 10.5 Å². The van der Waals surface area contributed by atoms with Gasteiger partial charge in [0.1, 0.15) is 11.5 Å². The topological polar surface area (TPSA) is 114 Å². The first-order chi connectivity index (χ1) is 18.8. The molecule has 10 heteroatoms. The Kier molecular flexibility index (Phi) is 7.40. The molecule has 2 aromatic carbocycles. The molecule has 4 aromatic rings. The molecule has 1 aliphatic rings. The number of hydrogen-bond acceptors (Lipinski definition) is 9. The summed E-state index contributed by atoms with van der Waals surface area (Å²) >= 11 is 2.81. The number of thioether (sulfide) groups is 1. The Morgan fingerprint density at radius 1 is 1.13 bits per heavy atom. The highest BCUT2D eigenvalue weighted by Gasteiger charge is 2.33. The van der Waals surface area contributed by atoms with Gasteiger partial charge in [-0.1, -0.05) is 47.7 Å². The molecule has 0 N–H and O–H groups in total. The van der Waals surface area contributed by atoms with Gasteiger partial charge < -0.3 is 19.1 Å². The zero-order valence-corrected chi connectivity index (χ0v) is 22.9. The van der Waals surface area contributed by atoms with Gasteiger partial charge in [0.25, 0.3) is 5.56 Å². The van der Waals surface area contributed by atoms with Crippen molar-refractivity contribution in [2.24, 2.45) is 4.99 Å². The zero-order chi connectivity index (χ0) is 27.7. The Morgan fingerprint density at radius 2 is 1.85 bits per heavy atom. The number of nitrogens with zero attached hydrogens (tertiary/aromatic N) is 2. The van der Waals surface area contributed by atoms with E-state index in [2.05, 4.69) is 4.99 Å². The number of thiazole rings is 1. The number of carboxylic acid groups (broad SMARTS) is 1. The number of benzene rings is 2. The zero-order valence-electron chi connectivity index (χ0n) is 21.3. The minimum absolute atomic E-state index is 0.0711. The van der Waals surface area contributed by atoms with Gasteiger partial charge in [0.15, 0.2) is 4.80 Å². The summed E-state index contributed by atoms with van der Waals surface area (Å²) in [4.78, 5) is 43.9. The van der Waals surface area contributed by atoms with Gasteiger partial charge in [0, 0.05) is 16.5 Å². The summed E-state index contributed by atoms with van der Waals surface area (Å²) in [5.41, 5.74) is 2.06. The van der Waals surface area contributed by atoms with Crippen LogP contribution in [0.1, 0.15) is 41.6 Å². The van der Waals surface area contributed by atoms with Crippen molar-refractivity contribution in [1.82, 2.24) is 4.57 Å². The molecule has 0 fully saturated rings. The van der Waals surface area contributed by atoms with Gasteiger partial charge in [-0.05, 0) is 55.5 Å². The molecule has 5 rings (SSSR count). The molecule has 0 bridgehead atoms. The molecule has 1 aliphatic heterocycles. The summed E-state index contributed by atoms with van der Waals surface area (Å²) in [6.07, 6.45) is 3.62. The predicted molar refractivity (Wildman–Crippen MR) is 147 cm³/mol. The fourth-order valence-corrected chi connectivity index (χ4v) is 5.81. The molecular formula is C29H23N2O6S2-. The van der Waals surface area contributed by atoms with E-state index in [9.17, 15) is 19.5 Å². The van der Waals surface area contributed by atoms with Crippen LogP contribution >= 0.6 is 23.1 Å². The largest absolute Gasteiger partial charge is 0.545 e. The highest BCUT2D eigenvalue weighted by molar-refractivity contribution is 7.98. The second kappa shape index (κ2) is 10.9. The maximum atomic E-state index is 13.7. The third kappa shape index (κ3) is 5.13. The Balaban J connectivity index is 1.59. The lowest BCUT2D eigenvalue weighted by Gasteiger charge is -2.24. The first-order valence-electron chi connectivity index (χ1n) is 12.1. The van der Waals surface area contributed by atoms with Crippen LogP contribution in [-0.2, 0) is 9.53 Å². The fraction of sp³-hybridized carbons (Fsp3) is 0.172. The Morgan fingerprint density at radius 3 is 2.49 bits per heavy atom. The lowest BCUT2D eigenvalue weighted by Crippen LogP contribution is -2.39. The number of ether oxygens (including phenoxy) is 1. The van der Waals surface area contributed by atoms with Crippen LogP contribution in [0, 0.1) is 0 Å². The van der Waals surface area contributed by atoms with Crippen LogP contribution in [-0.4, -0.2) is 29.4 Å². The molecule has 0 spiro atoms. The maximum Gasteiger partial charge on any atom is 0.338 e. The van der Waals surface area contributed by atoms with Crippen molar-refractivity contribution in [3.63, 3.8) is 0 Å². The molecule has 0 unspecified atom stereocenters. The van der Waals surface area contributed by atoms with Crippen LogP contribution in [0.4, 0.5) is 0 Å². The Labute approximate surface area is 231 Å². The SMILES string of the molecule is CCOC(=O)C1=C(C)N=c2s/c(=C\c3ccc(-c4ccc(C(=O)[O-])cc4)o3)c(=O)n2[C@H]1c1ccc(SC)cc1. The molecule has 1 atom stereocenters. The molecule has 39 heavy (non-hydrogen) atoms. The summed E-state index contributed by atoms with van der Waals surface area (Å²) in [6, 6.07) is 16.7. The fourth-order valence-electron chi connectivity index (χ4n) is 4.38. The Hall–Kier alpha value is -4.15. The number of carbonyl (C=O) groups excluding carboxylic acids is 2. The number of allylic oxidation sites excluding steroid dienone is 1. The number of carbonyl (C=O) groups is 2. The van der Waals surface area contributed by atoms with Crippen molar-refractivity contribution in [2.45, 2.75) is 24.8 Å². The summed E-state index contributed by atoms with van der Waals surface area (Å²) < 4.78 is 13.2. The number of rotatable bonds is 7. The lowest BCUT2D eigenvalue weighted by molar-refractivity contribution is -0.255. The third-order valence-corrected chi connectivity index (χ3v) is 7.98. The highest BCUT2D eigenvalue weighted by atomic mass is 32.2. The lowest BCUT2D eigenvalue weighted by atomic mass is 9.96. The number of aromatic nitrogens is 1. The van der Waals surface area contributed by atoms with E-state index in [1.807, 2.05) is 30.5 Å². The summed E-state index contributed by atoms with van der Waals surface area (Å²) in [7, 11) is 0. The number of furan rings is 1. The molecule has 0 radical (unpaired) electrons. The number of aromatic carboxylic acids is 1. The van der Waals surface area contributed by atoms with Crippen LogP contribution in [0.15, 0.2) is 91.0 Å². The van der Waals surface area contributed by atoms with Crippen molar-refractivity contribution in [1.29, 1.82) is 0 Å². The second-order valence-corrected chi connectivity index (χ2v) is 10.5. The van der Waals surface area contributed by atoms with Gasteiger partial charge in [0.05, 0.1) is 34.4 Å². The van der Waals surface area contributed by atoms with Crippen molar-refractivity contribution in [2.75, 3.05) is 12.9 Å². The Bertz CT molecular complexity index is 1780. The minimum atomic E-state index is -1.25. The molecule has 2 aromatic heterocycles. The summed E-state index contributed by atoms with van der Waals surface area (Å²) in [5.74, 6) is -0.795. The van der Waals surface area contributed by atoms with E-state index in [-0.39, 0.29) is 17.7 Å². The van der Waals surface area contributed by atoms with Crippen LogP contribution in [0.3, 0.4) is 0 Å². The molecule has 198 valence electrons. The van der Waals surface area contributed by atoms with Crippen molar-refractivity contribution < 1.29 is 23.8 Å². The van der Waals surface area contributed by atoms with E-state index in [1.54, 1.807) is 56.0 Å². The summed E-state index contributed by atoms with van der Waals surface area (Å²) in [6.45, 7) is 3.69. The molecule has 3 heterocycles. The minimum Gasteiger partial charge on any atom is -0.545 e. The van der Waals surface area contributed by atoms with Crippen LogP contribution in [0.25, 0.3) is 17.4 Å². The molecule has 0 aliphatic carbocycles. The summed E-state index contributed by atoms with van der Waals surface area (Å²) in [5, 5.41) is 11.0. The highest BCUT2D eigenvalue weighted by Crippen LogP contribution is 2.31. The number of fused-ring (bicyclic) bond motifs is 1. The van der Waals surface area contributed by atoms with E-state index >= 15 is 0 Å². The predicted octanol–water partition coefficient (Wildman–Crippen LogP) is 3.14. The smallest absolute Gasteiger partial charge is 0.338 e. The third-order valence-electron chi connectivity index (χ3n) is 6.25. The van der Waals surface area contributed by atoms with Gasteiger partial charge in [0.2, 0.25) is 0 Å². The standard InChI is InChI=1S/C29H24N2O6S2/c1-4-36-28(35)24-16(2)30-29-31(25(24)18-9-12-21(38-3)13-10-18)26(32)23(39-29)15-20-11-14-22(37-20)17-5-7-19(8-6-17)27(33)34/h5-15,25H,4H2,1-3H3,(H,33,34)/p-1/b23-15-/t25-/m0/s1. The van der Waals surface area contributed by atoms with E-state index < -0.39 is 18.0 Å². The van der Waals surface area contributed by atoms with E-state index in [4.69, 9.17) is 9.15 Å².